The van der Waals surface area contributed by atoms with E-state index in [4.69, 9.17) is 4.74 Å². The molecular weight excluding hydrogens is 510 g/mol. The Morgan fingerprint density at radius 2 is 1.74 bits per heavy atom. The first-order valence-corrected chi connectivity index (χ1v) is 12.7. The van der Waals surface area contributed by atoms with Gasteiger partial charge in [-0.1, -0.05) is 30.9 Å². The second kappa shape index (κ2) is 10.2. The number of amides is 1. The van der Waals surface area contributed by atoms with E-state index in [1.165, 1.54) is 6.92 Å². The van der Waals surface area contributed by atoms with Crippen molar-refractivity contribution < 1.29 is 35.9 Å². The predicted octanol–water partition coefficient (Wildman–Crippen LogP) is 6.70. The number of rotatable bonds is 7. The Morgan fingerprint density at radius 1 is 1.08 bits per heavy atom. The molecule has 208 valence electrons. The molecule has 0 N–H and O–H groups in total. The summed E-state index contributed by atoms with van der Waals surface area (Å²) < 4.78 is 86.4. The van der Waals surface area contributed by atoms with Crippen molar-refractivity contribution in [1.29, 1.82) is 0 Å². The third kappa shape index (κ3) is 5.30. The van der Waals surface area contributed by atoms with Crippen molar-refractivity contribution in [2.24, 2.45) is 0 Å². The summed E-state index contributed by atoms with van der Waals surface area (Å²) in [5.41, 5.74) is -3.38. The van der Waals surface area contributed by atoms with Gasteiger partial charge in [0.2, 0.25) is 5.91 Å². The summed E-state index contributed by atoms with van der Waals surface area (Å²) in [7, 11) is 0. The maximum atomic E-state index is 13.4. The molecule has 38 heavy (non-hydrogen) atoms. The normalized spacial score (nSPS) is 28.8. The second-order valence-electron chi connectivity index (χ2n) is 10.5. The first-order valence-electron chi connectivity index (χ1n) is 12.7. The first kappa shape index (κ1) is 28.4. The smallest absolute Gasteiger partial charge is 0.372 e. The van der Waals surface area contributed by atoms with Crippen LogP contribution in [-0.2, 0) is 21.9 Å². The van der Waals surface area contributed by atoms with Crippen LogP contribution in [0.4, 0.5) is 26.3 Å². The van der Waals surface area contributed by atoms with Crippen LogP contribution < -0.4 is 0 Å². The molecule has 1 amide bonds. The molecule has 1 aromatic carbocycles. The molecule has 3 aliphatic rings. The lowest BCUT2D eigenvalue weighted by Crippen LogP contribution is -2.72. The fourth-order valence-corrected chi connectivity index (χ4v) is 6.02. The third-order valence-electron chi connectivity index (χ3n) is 8.17. The third-order valence-corrected chi connectivity index (χ3v) is 8.17. The number of ether oxygens (including phenoxy) is 1. The molecule has 4 rings (SSSR count). The van der Waals surface area contributed by atoms with Gasteiger partial charge in [-0.3, -0.25) is 9.69 Å². The largest absolute Gasteiger partial charge is 0.416 e. The molecule has 4 nitrogen and oxygen atoms in total. The van der Waals surface area contributed by atoms with Gasteiger partial charge < -0.3 is 9.64 Å². The van der Waals surface area contributed by atoms with E-state index < -0.39 is 35.1 Å². The van der Waals surface area contributed by atoms with E-state index in [1.54, 1.807) is 0 Å². The van der Waals surface area contributed by atoms with Gasteiger partial charge >= 0.3 is 12.4 Å². The minimum atomic E-state index is -4.94. The number of nitrogens with zero attached hydrogens (tertiary/aromatic N) is 2. The summed E-state index contributed by atoms with van der Waals surface area (Å²) >= 11 is 0. The quantitative estimate of drug-likeness (QED) is 0.284. The molecule has 0 radical (unpaired) electrons. The van der Waals surface area contributed by atoms with Gasteiger partial charge in [-0.2, -0.15) is 26.3 Å². The average Bonchev–Trinajstić information content (AvgIpc) is 3.26. The maximum Gasteiger partial charge on any atom is 0.416 e. The Bertz CT molecular complexity index is 1110. The monoisotopic (exact) mass is 542 g/mol. The highest BCUT2D eigenvalue weighted by Gasteiger charge is 2.57. The van der Waals surface area contributed by atoms with Crippen molar-refractivity contribution in [1.82, 2.24) is 9.80 Å². The van der Waals surface area contributed by atoms with E-state index >= 15 is 0 Å². The second-order valence-corrected chi connectivity index (χ2v) is 10.5. The molecule has 3 aliphatic heterocycles. The van der Waals surface area contributed by atoms with E-state index in [0.717, 1.165) is 19.4 Å². The van der Waals surface area contributed by atoms with Gasteiger partial charge in [-0.25, -0.2) is 0 Å². The Kier molecular flexibility index (Phi) is 7.62. The van der Waals surface area contributed by atoms with Crippen LogP contribution in [0.3, 0.4) is 0 Å². The Morgan fingerprint density at radius 3 is 2.34 bits per heavy atom. The van der Waals surface area contributed by atoms with Crippen molar-refractivity contribution in [2.45, 2.75) is 69.1 Å². The number of fused-ring (bicyclic) bond motifs is 1. The molecule has 2 bridgehead atoms. The first-order chi connectivity index (χ1) is 17.7. The Balaban J connectivity index is 1.64. The number of halogens is 6. The maximum absolute atomic E-state index is 13.4. The fourth-order valence-electron chi connectivity index (χ4n) is 6.02. The number of hydrogen-bond acceptors (Lipinski definition) is 3. The van der Waals surface area contributed by atoms with Gasteiger partial charge in [-0.05, 0) is 68.9 Å². The zero-order chi connectivity index (χ0) is 27.9. The van der Waals surface area contributed by atoms with Crippen molar-refractivity contribution >= 4 is 5.91 Å². The van der Waals surface area contributed by atoms with E-state index in [1.807, 2.05) is 41.0 Å². The van der Waals surface area contributed by atoms with Gasteiger partial charge in [0, 0.05) is 13.1 Å². The minimum Gasteiger partial charge on any atom is -0.372 e. The van der Waals surface area contributed by atoms with Gasteiger partial charge in [0.15, 0.2) is 0 Å². The lowest BCUT2D eigenvalue weighted by molar-refractivity contribution is -0.158. The van der Waals surface area contributed by atoms with Gasteiger partial charge in [-0.15, -0.1) is 0 Å². The number of piperidine rings is 1. The molecule has 0 saturated carbocycles. The Labute approximate surface area is 218 Å². The summed E-state index contributed by atoms with van der Waals surface area (Å²) in [5, 5.41) is 0. The number of benzene rings is 1. The summed E-state index contributed by atoms with van der Waals surface area (Å²) in [6.45, 7) is 9.02. The van der Waals surface area contributed by atoms with Crippen molar-refractivity contribution in [3.8, 4) is 0 Å². The average molecular weight is 543 g/mol. The van der Waals surface area contributed by atoms with Crippen LogP contribution in [0.5, 0.6) is 0 Å². The summed E-state index contributed by atoms with van der Waals surface area (Å²) in [6, 6.07) is 1.51. The number of allylic oxidation sites excluding steroid dienone is 3. The van der Waals surface area contributed by atoms with E-state index in [2.05, 4.69) is 6.58 Å². The lowest BCUT2D eigenvalue weighted by Gasteiger charge is -2.59. The highest BCUT2D eigenvalue weighted by molar-refractivity contribution is 5.81. The number of hydrogen-bond donors (Lipinski definition) is 0. The van der Waals surface area contributed by atoms with Crippen LogP contribution in [0.1, 0.15) is 62.3 Å². The van der Waals surface area contributed by atoms with Crippen molar-refractivity contribution in [2.75, 3.05) is 26.2 Å². The molecule has 1 unspecified atom stereocenters. The Hall–Kier alpha value is -2.59. The SMILES string of the molecule is C=C(/C=C\C=C/C)[C@]1(CO[C@H](C)c2cc(C(F)(F)F)cc(C(F)(F)F)c2)CC[C@]23CCCN2C(=O)CN1C3. The van der Waals surface area contributed by atoms with Crippen molar-refractivity contribution in [3.05, 3.63) is 71.3 Å². The zero-order valence-corrected chi connectivity index (χ0v) is 21.5. The van der Waals surface area contributed by atoms with Crippen LogP contribution in [0, 0.1) is 0 Å². The number of piperazine rings is 1. The molecular formula is C28H32F6N2O2. The molecule has 1 spiro atoms. The highest BCUT2D eigenvalue weighted by atomic mass is 19.4. The highest BCUT2D eigenvalue weighted by Crippen LogP contribution is 2.48. The van der Waals surface area contributed by atoms with Crippen LogP contribution in [0.15, 0.2) is 54.7 Å². The summed E-state index contributed by atoms with van der Waals surface area (Å²) in [6.07, 6.45) is -0.508. The molecule has 0 aromatic heterocycles. The minimum absolute atomic E-state index is 0.0174. The standard InChI is InChI=1S/C28H32F6N2O2/c1-4-5-6-8-19(2)26(11-10-25-9-7-12-36(25)24(37)16-35(26)17-25)18-38-20(3)21-13-22(27(29,30)31)15-23(14-21)28(32,33)34/h4-6,8,13-15,20H,2,7,9-12,16-18H2,1,3H3/b5-4-,8-6-/t20-,25+,26-/m1/s1. The predicted molar refractivity (Wildman–Crippen MR) is 131 cm³/mol. The number of carbonyl (C=O) groups is 1. The topological polar surface area (TPSA) is 32.8 Å². The van der Waals surface area contributed by atoms with Crippen molar-refractivity contribution in [3.63, 3.8) is 0 Å². The summed E-state index contributed by atoms with van der Waals surface area (Å²) in [5.74, 6) is 0.0174. The van der Waals surface area contributed by atoms with Gasteiger partial charge in [0.1, 0.15) is 0 Å². The summed E-state index contributed by atoms with van der Waals surface area (Å²) in [4.78, 5) is 17.1. The molecule has 3 heterocycles. The van der Waals surface area contributed by atoms with E-state index in [9.17, 15) is 31.1 Å². The van der Waals surface area contributed by atoms with E-state index in [-0.39, 0.29) is 36.2 Å². The van der Waals surface area contributed by atoms with Gasteiger partial charge in [0.25, 0.3) is 0 Å². The molecule has 4 atom stereocenters. The fraction of sp³-hybridized carbons (Fsp3) is 0.536. The van der Waals surface area contributed by atoms with Crippen LogP contribution >= 0.6 is 0 Å². The van der Waals surface area contributed by atoms with Gasteiger partial charge in [0.05, 0.1) is 41.5 Å². The van der Waals surface area contributed by atoms with Crippen LogP contribution in [0.25, 0.3) is 0 Å². The zero-order valence-electron chi connectivity index (χ0n) is 21.5. The molecule has 1 aromatic rings. The molecule has 3 fully saturated rings. The molecule has 3 saturated heterocycles. The van der Waals surface area contributed by atoms with Crippen LogP contribution in [-0.4, -0.2) is 53.0 Å². The molecule has 10 heteroatoms. The lowest BCUT2D eigenvalue weighted by atomic mass is 9.72. The molecule has 0 aliphatic carbocycles. The van der Waals surface area contributed by atoms with Crippen LogP contribution in [0.2, 0.25) is 0 Å². The van der Waals surface area contributed by atoms with E-state index in [0.29, 0.717) is 37.1 Å². The number of carbonyl (C=O) groups excluding carboxylic acids is 1. The number of alkyl halides is 6.